The number of hydrazine groups is 1. The molecule has 2 fully saturated rings. The molecule has 3 N–H and O–H groups in total. The van der Waals surface area contributed by atoms with Gasteiger partial charge < -0.3 is 10.3 Å². The molecule has 1 aromatic heterocycles. The van der Waals surface area contributed by atoms with Crippen molar-refractivity contribution in [2.45, 2.75) is 12.8 Å². The number of nitrogens with zero attached hydrogens (tertiary/aromatic N) is 3. The Morgan fingerprint density at radius 3 is 2.75 bits per heavy atom. The minimum atomic E-state index is 0.0112. The number of nitrogens with two attached hydrogens (primary N) is 1. The SMILES string of the molecule is NNc1ccncc1C(=O)N1CCN(CC2CC2)CC1. The molecule has 0 aromatic carbocycles. The van der Waals surface area contributed by atoms with Crippen LogP contribution >= 0.6 is 0 Å². The van der Waals surface area contributed by atoms with Gasteiger partial charge in [0.1, 0.15) is 0 Å². The number of rotatable bonds is 4. The molecular weight excluding hydrogens is 254 g/mol. The third-order valence-electron chi connectivity index (χ3n) is 4.08. The molecule has 1 saturated heterocycles. The van der Waals surface area contributed by atoms with E-state index in [0.717, 1.165) is 32.1 Å². The summed E-state index contributed by atoms with van der Waals surface area (Å²) in [6, 6.07) is 1.72. The molecule has 0 bridgehead atoms. The first-order valence-electron chi connectivity index (χ1n) is 7.20. The van der Waals surface area contributed by atoms with E-state index >= 15 is 0 Å². The number of pyridine rings is 1. The van der Waals surface area contributed by atoms with Crippen molar-refractivity contribution in [1.82, 2.24) is 14.8 Å². The highest BCUT2D eigenvalue weighted by Crippen LogP contribution is 2.30. The molecule has 0 atom stereocenters. The van der Waals surface area contributed by atoms with Crippen molar-refractivity contribution in [1.29, 1.82) is 0 Å². The highest BCUT2D eigenvalue weighted by Gasteiger charge is 2.28. The molecular formula is C14H21N5O. The molecule has 1 saturated carbocycles. The first kappa shape index (κ1) is 13.3. The summed E-state index contributed by atoms with van der Waals surface area (Å²) in [5, 5.41) is 0. The first-order chi connectivity index (χ1) is 9.78. The van der Waals surface area contributed by atoms with E-state index < -0.39 is 0 Å². The standard InChI is InChI=1S/C14H21N5O/c15-17-13-3-4-16-9-12(13)14(20)19-7-5-18(6-8-19)10-11-1-2-11/h3-4,9,11H,1-2,5-8,10,15H2,(H,16,17). The van der Waals surface area contributed by atoms with Crippen LogP contribution in [0.5, 0.6) is 0 Å². The van der Waals surface area contributed by atoms with Gasteiger partial charge in [-0.15, -0.1) is 0 Å². The van der Waals surface area contributed by atoms with Crippen LogP contribution in [0.2, 0.25) is 0 Å². The van der Waals surface area contributed by atoms with E-state index in [1.165, 1.54) is 19.4 Å². The van der Waals surface area contributed by atoms with Crippen LogP contribution in [0.15, 0.2) is 18.5 Å². The zero-order valence-corrected chi connectivity index (χ0v) is 11.6. The Bertz CT molecular complexity index is 480. The van der Waals surface area contributed by atoms with Gasteiger partial charge in [0.05, 0.1) is 11.3 Å². The van der Waals surface area contributed by atoms with E-state index in [4.69, 9.17) is 5.84 Å². The fourth-order valence-electron chi connectivity index (χ4n) is 2.66. The van der Waals surface area contributed by atoms with Crippen LogP contribution in [0.1, 0.15) is 23.2 Å². The van der Waals surface area contributed by atoms with Gasteiger partial charge in [0.2, 0.25) is 0 Å². The first-order valence-corrected chi connectivity index (χ1v) is 7.20. The van der Waals surface area contributed by atoms with Crippen LogP contribution in [0.25, 0.3) is 0 Å². The van der Waals surface area contributed by atoms with Gasteiger partial charge in [0, 0.05) is 45.1 Å². The summed E-state index contributed by atoms with van der Waals surface area (Å²) in [6.07, 6.45) is 5.95. The van der Waals surface area contributed by atoms with Crippen molar-refractivity contribution >= 4 is 11.6 Å². The average molecular weight is 275 g/mol. The van der Waals surface area contributed by atoms with E-state index in [1.807, 2.05) is 4.90 Å². The smallest absolute Gasteiger partial charge is 0.257 e. The fourth-order valence-corrected chi connectivity index (χ4v) is 2.66. The average Bonchev–Trinajstić information content (AvgIpc) is 3.31. The summed E-state index contributed by atoms with van der Waals surface area (Å²) in [5.41, 5.74) is 3.74. The maximum absolute atomic E-state index is 12.5. The highest BCUT2D eigenvalue weighted by atomic mass is 16.2. The molecule has 3 rings (SSSR count). The summed E-state index contributed by atoms with van der Waals surface area (Å²) in [7, 11) is 0. The molecule has 0 spiro atoms. The number of amides is 1. The van der Waals surface area contributed by atoms with Crippen LogP contribution in [0, 0.1) is 5.92 Å². The Kier molecular flexibility index (Phi) is 3.84. The number of hydrogen-bond donors (Lipinski definition) is 2. The van der Waals surface area contributed by atoms with Crippen molar-refractivity contribution in [3.05, 3.63) is 24.0 Å². The van der Waals surface area contributed by atoms with Crippen LogP contribution in [0.4, 0.5) is 5.69 Å². The second kappa shape index (κ2) is 5.76. The lowest BCUT2D eigenvalue weighted by Gasteiger charge is -2.35. The second-order valence-electron chi connectivity index (χ2n) is 5.60. The lowest BCUT2D eigenvalue weighted by atomic mass is 10.2. The fraction of sp³-hybridized carbons (Fsp3) is 0.571. The van der Waals surface area contributed by atoms with Gasteiger partial charge in [0.25, 0.3) is 5.91 Å². The molecule has 0 unspecified atom stereocenters. The van der Waals surface area contributed by atoms with Gasteiger partial charge in [-0.25, -0.2) is 0 Å². The quantitative estimate of drug-likeness (QED) is 0.619. The van der Waals surface area contributed by atoms with Crippen LogP contribution in [-0.4, -0.2) is 53.4 Å². The second-order valence-corrected chi connectivity index (χ2v) is 5.60. The van der Waals surface area contributed by atoms with Crippen LogP contribution in [0.3, 0.4) is 0 Å². The van der Waals surface area contributed by atoms with E-state index in [1.54, 1.807) is 18.5 Å². The lowest BCUT2D eigenvalue weighted by molar-refractivity contribution is 0.0632. The van der Waals surface area contributed by atoms with Gasteiger partial charge in [-0.3, -0.25) is 20.5 Å². The minimum Gasteiger partial charge on any atom is -0.336 e. The maximum Gasteiger partial charge on any atom is 0.257 e. The van der Waals surface area contributed by atoms with Gasteiger partial charge in [0.15, 0.2) is 0 Å². The minimum absolute atomic E-state index is 0.0112. The third kappa shape index (κ3) is 2.91. The van der Waals surface area contributed by atoms with Crippen LogP contribution < -0.4 is 11.3 Å². The predicted molar refractivity (Wildman–Crippen MR) is 77.1 cm³/mol. The molecule has 1 amide bonds. The normalized spacial score (nSPS) is 19.9. The van der Waals surface area contributed by atoms with Crippen molar-refractivity contribution in [2.24, 2.45) is 11.8 Å². The van der Waals surface area contributed by atoms with Crippen LogP contribution in [-0.2, 0) is 0 Å². The van der Waals surface area contributed by atoms with E-state index in [-0.39, 0.29) is 5.91 Å². The zero-order valence-electron chi connectivity index (χ0n) is 11.6. The number of nitrogens with one attached hydrogen (secondary N) is 1. The molecule has 0 radical (unpaired) electrons. The van der Waals surface area contributed by atoms with Gasteiger partial charge >= 0.3 is 0 Å². The number of piperazine rings is 1. The van der Waals surface area contributed by atoms with Crippen molar-refractivity contribution < 1.29 is 4.79 Å². The molecule has 1 aromatic rings. The molecule has 1 aliphatic carbocycles. The van der Waals surface area contributed by atoms with Crippen molar-refractivity contribution in [2.75, 3.05) is 38.1 Å². The number of anilines is 1. The number of nitrogen functional groups attached to an aromatic ring is 1. The van der Waals surface area contributed by atoms with Crippen molar-refractivity contribution in [3.63, 3.8) is 0 Å². The van der Waals surface area contributed by atoms with E-state index in [9.17, 15) is 4.79 Å². The Balaban J connectivity index is 1.60. The van der Waals surface area contributed by atoms with Crippen molar-refractivity contribution in [3.8, 4) is 0 Å². The number of hydrogen-bond acceptors (Lipinski definition) is 5. The molecule has 2 heterocycles. The van der Waals surface area contributed by atoms with Gasteiger partial charge in [-0.2, -0.15) is 0 Å². The number of aromatic nitrogens is 1. The topological polar surface area (TPSA) is 74.5 Å². The summed E-state index contributed by atoms with van der Waals surface area (Å²) in [5.74, 6) is 6.36. The molecule has 2 aliphatic rings. The predicted octanol–water partition coefficient (Wildman–Crippen LogP) is 0.535. The molecule has 108 valence electrons. The molecule has 6 heteroatoms. The Morgan fingerprint density at radius 1 is 1.35 bits per heavy atom. The number of carbonyl (C=O) groups excluding carboxylic acids is 1. The summed E-state index contributed by atoms with van der Waals surface area (Å²) in [4.78, 5) is 20.9. The largest absolute Gasteiger partial charge is 0.336 e. The Morgan fingerprint density at radius 2 is 2.10 bits per heavy atom. The van der Waals surface area contributed by atoms with E-state index in [0.29, 0.717) is 11.3 Å². The maximum atomic E-state index is 12.5. The molecule has 1 aliphatic heterocycles. The Labute approximate surface area is 118 Å². The van der Waals surface area contributed by atoms with E-state index in [2.05, 4.69) is 15.3 Å². The van der Waals surface area contributed by atoms with Gasteiger partial charge in [-0.1, -0.05) is 0 Å². The number of carbonyl (C=O) groups is 1. The third-order valence-corrected chi connectivity index (χ3v) is 4.08. The van der Waals surface area contributed by atoms with Gasteiger partial charge in [-0.05, 0) is 24.8 Å². The highest BCUT2D eigenvalue weighted by molar-refractivity contribution is 5.99. The zero-order chi connectivity index (χ0) is 13.9. The molecule has 6 nitrogen and oxygen atoms in total. The monoisotopic (exact) mass is 275 g/mol. The Hall–Kier alpha value is -1.66. The summed E-state index contributed by atoms with van der Waals surface area (Å²) < 4.78 is 0. The lowest BCUT2D eigenvalue weighted by Crippen LogP contribution is -2.49. The molecule has 20 heavy (non-hydrogen) atoms. The summed E-state index contributed by atoms with van der Waals surface area (Å²) >= 11 is 0. The summed E-state index contributed by atoms with van der Waals surface area (Å²) in [6.45, 7) is 4.70.